The van der Waals surface area contributed by atoms with Gasteiger partial charge >= 0.3 is 0 Å². The van der Waals surface area contributed by atoms with E-state index in [9.17, 15) is 5.11 Å². The molecule has 0 aromatic rings. The minimum atomic E-state index is -0.611. The molecule has 1 heterocycles. The van der Waals surface area contributed by atoms with Crippen LogP contribution in [0.2, 0.25) is 0 Å². The van der Waals surface area contributed by atoms with Gasteiger partial charge in [-0.1, -0.05) is 36.3 Å². The lowest BCUT2D eigenvalue weighted by atomic mass is 9.74. The first-order valence-corrected chi connectivity index (χ1v) is 8.76. The van der Waals surface area contributed by atoms with Crippen LogP contribution in [-0.4, -0.2) is 18.0 Å². The van der Waals surface area contributed by atoms with Gasteiger partial charge in [-0.3, -0.25) is 0 Å². The molecule has 22 heavy (non-hydrogen) atoms. The smallest absolute Gasteiger partial charge is 0.161 e. The van der Waals surface area contributed by atoms with E-state index in [-0.39, 0.29) is 5.92 Å². The van der Waals surface area contributed by atoms with Crippen LogP contribution in [0.25, 0.3) is 0 Å². The molecule has 2 rings (SSSR count). The van der Waals surface area contributed by atoms with Crippen molar-refractivity contribution in [2.45, 2.75) is 66.1 Å². The standard InChI is InChI=1S/C20H32O2/c1-14(2)7-5-9-16(4)18-12-11-15(3)8-6-10-17-13-22-20(21)19(17)18/h7-8,10,16,18-21H,5-6,9,11-13H2,1-4H3/b15-8+,17-10-/t16-,18?,19-,20+/m0/s1. The number of hydrogen-bond donors (Lipinski definition) is 1. The van der Waals surface area contributed by atoms with Crippen LogP contribution in [0.5, 0.6) is 0 Å². The summed E-state index contributed by atoms with van der Waals surface area (Å²) in [5.41, 5.74) is 4.19. The predicted molar refractivity (Wildman–Crippen MR) is 92.5 cm³/mol. The molecular weight excluding hydrogens is 272 g/mol. The lowest BCUT2D eigenvalue weighted by molar-refractivity contribution is -0.0976. The Balaban J connectivity index is 2.13. The van der Waals surface area contributed by atoms with Gasteiger partial charge in [0.15, 0.2) is 6.29 Å². The molecule has 2 aliphatic rings. The molecule has 1 aliphatic heterocycles. The number of rotatable bonds is 4. The van der Waals surface area contributed by atoms with Crippen LogP contribution in [0.15, 0.2) is 34.9 Å². The van der Waals surface area contributed by atoms with Crippen LogP contribution in [0.4, 0.5) is 0 Å². The topological polar surface area (TPSA) is 29.5 Å². The molecule has 1 fully saturated rings. The number of ether oxygens (including phenoxy) is 1. The molecule has 2 heteroatoms. The first-order chi connectivity index (χ1) is 10.5. The van der Waals surface area contributed by atoms with Crippen LogP contribution >= 0.6 is 0 Å². The zero-order chi connectivity index (χ0) is 16.1. The van der Waals surface area contributed by atoms with E-state index in [0.717, 1.165) is 25.7 Å². The van der Waals surface area contributed by atoms with Crippen LogP contribution in [0.3, 0.4) is 0 Å². The SMILES string of the molecule is CC(C)=CCC[C@H](C)C1CC/C(C)=C/C/C=C2/CO[C@@H](O)[C@@H]21. The second-order valence-corrected chi connectivity index (χ2v) is 7.33. The normalized spacial score (nSPS) is 35.0. The molecule has 1 saturated heterocycles. The fraction of sp³-hybridized carbons (Fsp3) is 0.700. The predicted octanol–water partition coefficient (Wildman–Crippen LogP) is 5.01. The van der Waals surface area contributed by atoms with E-state index >= 15 is 0 Å². The lowest BCUT2D eigenvalue weighted by Crippen LogP contribution is -2.29. The van der Waals surface area contributed by atoms with Gasteiger partial charge in [0.1, 0.15) is 0 Å². The molecule has 0 saturated carbocycles. The molecule has 1 N–H and O–H groups in total. The zero-order valence-electron chi connectivity index (χ0n) is 14.6. The van der Waals surface area contributed by atoms with Crippen molar-refractivity contribution in [1.82, 2.24) is 0 Å². The average molecular weight is 304 g/mol. The van der Waals surface area contributed by atoms with Gasteiger partial charge in [-0.05, 0) is 70.3 Å². The number of hydrogen-bond acceptors (Lipinski definition) is 2. The molecule has 1 aliphatic carbocycles. The lowest BCUT2D eigenvalue weighted by Gasteiger charge is -2.31. The van der Waals surface area contributed by atoms with E-state index in [0.29, 0.717) is 18.4 Å². The highest BCUT2D eigenvalue weighted by molar-refractivity contribution is 5.18. The van der Waals surface area contributed by atoms with Crippen molar-refractivity contribution in [3.05, 3.63) is 34.9 Å². The van der Waals surface area contributed by atoms with Crippen molar-refractivity contribution in [2.75, 3.05) is 6.61 Å². The quantitative estimate of drug-likeness (QED) is 0.740. The van der Waals surface area contributed by atoms with Crippen molar-refractivity contribution >= 4 is 0 Å². The fourth-order valence-electron chi connectivity index (χ4n) is 3.82. The second-order valence-electron chi connectivity index (χ2n) is 7.33. The Kier molecular flexibility index (Phi) is 6.46. The molecular formula is C20H32O2. The van der Waals surface area contributed by atoms with E-state index in [1.54, 1.807) is 0 Å². The molecule has 0 radical (unpaired) electrons. The van der Waals surface area contributed by atoms with E-state index in [4.69, 9.17) is 4.74 Å². The van der Waals surface area contributed by atoms with Gasteiger partial charge in [-0.25, -0.2) is 0 Å². The Bertz CT molecular complexity index is 454. The van der Waals surface area contributed by atoms with E-state index < -0.39 is 6.29 Å². The molecule has 0 spiro atoms. The fourth-order valence-corrected chi connectivity index (χ4v) is 3.82. The van der Waals surface area contributed by atoms with E-state index in [1.807, 2.05) is 0 Å². The van der Waals surface area contributed by atoms with Gasteiger partial charge in [0.25, 0.3) is 0 Å². The highest BCUT2D eigenvalue weighted by atomic mass is 16.6. The average Bonchev–Trinajstić information content (AvgIpc) is 2.83. The Morgan fingerprint density at radius 3 is 2.91 bits per heavy atom. The monoisotopic (exact) mass is 304 g/mol. The summed E-state index contributed by atoms with van der Waals surface area (Å²) in [5, 5.41) is 10.3. The summed E-state index contributed by atoms with van der Waals surface area (Å²) < 4.78 is 5.56. The first kappa shape index (κ1) is 17.5. The summed E-state index contributed by atoms with van der Waals surface area (Å²) in [5.74, 6) is 1.31. The summed E-state index contributed by atoms with van der Waals surface area (Å²) >= 11 is 0. The summed E-state index contributed by atoms with van der Waals surface area (Å²) in [6.07, 6.45) is 11.9. The maximum atomic E-state index is 10.3. The molecule has 4 atom stereocenters. The third kappa shape index (κ3) is 4.57. The number of aliphatic hydroxyl groups is 1. The Labute approximate surface area is 136 Å². The molecule has 2 nitrogen and oxygen atoms in total. The van der Waals surface area contributed by atoms with Gasteiger partial charge in [-0.15, -0.1) is 0 Å². The Morgan fingerprint density at radius 2 is 2.18 bits per heavy atom. The van der Waals surface area contributed by atoms with Crippen molar-refractivity contribution < 1.29 is 9.84 Å². The Hall–Kier alpha value is -0.860. The molecule has 0 aromatic carbocycles. The highest BCUT2D eigenvalue weighted by Crippen LogP contribution is 2.41. The minimum absolute atomic E-state index is 0.195. The molecule has 0 aromatic heterocycles. The van der Waals surface area contributed by atoms with Gasteiger partial charge in [-0.2, -0.15) is 0 Å². The van der Waals surface area contributed by atoms with E-state index in [1.165, 1.54) is 23.1 Å². The van der Waals surface area contributed by atoms with Gasteiger partial charge in [0.2, 0.25) is 0 Å². The van der Waals surface area contributed by atoms with Crippen molar-refractivity contribution in [3.8, 4) is 0 Å². The van der Waals surface area contributed by atoms with Gasteiger partial charge in [0, 0.05) is 5.92 Å². The van der Waals surface area contributed by atoms with Crippen LogP contribution in [0.1, 0.15) is 59.8 Å². The van der Waals surface area contributed by atoms with Crippen LogP contribution < -0.4 is 0 Å². The molecule has 0 amide bonds. The zero-order valence-corrected chi connectivity index (χ0v) is 14.6. The van der Waals surface area contributed by atoms with Crippen molar-refractivity contribution in [1.29, 1.82) is 0 Å². The second kappa shape index (κ2) is 8.12. The van der Waals surface area contributed by atoms with Crippen molar-refractivity contribution in [2.24, 2.45) is 17.8 Å². The first-order valence-electron chi connectivity index (χ1n) is 8.76. The van der Waals surface area contributed by atoms with Crippen LogP contribution in [-0.2, 0) is 4.74 Å². The summed E-state index contributed by atoms with van der Waals surface area (Å²) in [7, 11) is 0. The number of aliphatic hydroxyl groups excluding tert-OH is 1. The molecule has 124 valence electrons. The van der Waals surface area contributed by atoms with Gasteiger partial charge < -0.3 is 9.84 Å². The van der Waals surface area contributed by atoms with E-state index in [2.05, 4.69) is 45.9 Å². The number of fused-ring (bicyclic) bond motifs is 1. The maximum Gasteiger partial charge on any atom is 0.161 e. The number of allylic oxidation sites excluding steroid dienone is 5. The third-order valence-electron chi connectivity index (χ3n) is 5.24. The van der Waals surface area contributed by atoms with Crippen LogP contribution in [0, 0.1) is 17.8 Å². The highest BCUT2D eigenvalue weighted by Gasteiger charge is 2.39. The van der Waals surface area contributed by atoms with Crippen molar-refractivity contribution in [3.63, 3.8) is 0 Å². The third-order valence-corrected chi connectivity index (χ3v) is 5.24. The maximum absolute atomic E-state index is 10.3. The molecule has 1 unspecified atom stereocenters. The molecule has 0 bridgehead atoms. The Morgan fingerprint density at radius 1 is 1.41 bits per heavy atom. The minimum Gasteiger partial charge on any atom is -0.367 e. The summed E-state index contributed by atoms with van der Waals surface area (Å²) in [6, 6.07) is 0. The van der Waals surface area contributed by atoms with Gasteiger partial charge in [0.05, 0.1) is 6.61 Å². The largest absolute Gasteiger partial charge is 0.367 e. The summed E-state index contributed by atoms with van der Waals surface area (Å²) in [4.78, 5) is 0. The summed E-state index contributed by atoms with van der Waals surface area (Å²) in [6.45, 7) is 9.51.